The van der Waals surface area contributed by atoms with Gasteiger partial charge in [-0.15, -0.1) is 0 Å². The third kappa shape index (κ3) is 16.5. The molecule has 0 saturated carbocycles. The molecule has 1 fully saturated rings. The van der Waals surface area contributed by atoms with Gasteiger partial charge in [0.2, 0.25) is 0 Å². The average Bonchev–Trinajstić information content (AvgIpc) is 3.61. The normalized spacial score (nSPS) is 25.0. The summed E-state index contributed by atoms with van der Waals surface area (Å²) in [6.07, 6.45) is 9.08. The molecule has 2 heterocycles. The molecule has 2 aliphatic heterocycles. The van der Waals surface area contributed by atoms with Gasteiger partial charge in [0.05, 0.1) is 54.9 Å². The molecule has 2 rings (SSSR count). The number of carbonyl (C=O) groups is 1. The Hall–Kier alpha value is -1.11. The van der Waals surface area contributed by atoms with Gasteiger partial charge in [0.1, 0.15) is 6.10 Å². The van der Waals surface area contributed by atoms with Crippen LogP contribution in [0.2, 0.25) is 0 Å². The first-order valence-electron chi connectivity index (χ1n) is 17.8. The minimum Gasteiger partial charge on any atom is -0.455 e. The first kappa shape index (κ1) is 40.1. The Labute approximate surface area is 270 Å². The van der Waals surface area contributed by atoms with Gasteiger partial charge in [-0.05, 0) is 64.4 Å². The first-order valence-corrected chi connectivity index (χ1v) is 17.8. The second-order valence-electron chi connectivity index (χ2n) is 13.6. The topological polar surface area (TPSA) is 177 Å². The quantitative estimate of drug-likeness (QED) is 0.0539. The highest BCUT2D eigenvalue weighted by atomic mass is 16.5. The van der Waals surface area contributed by atoms with E-state index in [0.717, 1.165) is 19.3 Å². The zero-order chi connectivity index (χ0) is 33.2. The Bertz CT molecular complexity index is 822. The van der Waals surface area contributed by atoms with Crippen molar-refractivity contribution in [2.45, 2.75) is 203 Å². The molecule has 1 saturated heterocycles. The second-order valence-corrected chi connectivity index (χ2v) is 13.6. The van der Waals surface area contributed by atoms with Gasteiger partial charge in [0, 0.05) is 18.4 Å². The Balaban J connectivity index is 1.54. The molecular weight excluding hydrogens is 580 g/mol. The Morgan fingerprint density at radius 1 is 0.667 bits per heavy atom. The summed E-state index contributed by atoms with van der Waals surface area (Å²) in [6.45, 7) is 3.98. The molecule has 0 aromatic rings. The van der Waals surface area contributed by atoms with Crippen LogP contribution in [0, 0.1) is 0 Å². The van der Waals surface area contributed by atoms with Crippen molar-refractivity contribution in [2.75, 3.05) is 0 Å². The van der Waals surface area contributed by atoms with Gasteiger partial charge in [-0.1, -0.05) is 71.1 Å². The molecule has 264 valence electrons. The number of rotatable bonds is 26. The minimum absolute atomic E-state index is 0.0107. The summed E-state index contributed by atoms with van der Waals surface area (Å²) in [5.74, 6) is -0.418. The molecule has 0 aromatic heterocycles. The highest BCUT2D eigenvalue weighted by Gasteiger charge is 2.36. The van der Waals surface area contributed by atoms with E-state index in [9.17, 15) is 40.5 Å². The standard InChI is InChI=1S/C35H64O10/c1-3-4-5-6-7-8-9-10-11-12-13-29(39)30(40)16-14-27(37)22-28(38)23-32(42)34-19-18-33(45-34)31(41)17-15-26(36)21-25-20-24(2)44-35(25)43/h20,24,26-34,36-42H,3-19,21-23H2,1-2H3/t24-,26+,27+,28+,29+,30-,31-,32+,33+,34+/m0/s1. The minimum atomic E-state index is -0.967. The van der Waals surface area contributed by atoms with Crippen LogP contribution in [0.5, 0.6) is 0 Å². The lowest BCUT2D eigenvalue weighted by Crippen LogP contribution is -2.34. The van der Waals surface area contributed by atoms with Crippen LogP contribution in [0.25, 0.3) is 0 Å². The molecule has 0 aromatic carbocycles. The van der Waals surface area contributed by atoms with E-state index in [1.807, 2.05) is 0 Å². The number of unbranched alkanes of at least 4 members (excludes halogenated alkanes) is 9. The third-order valence-corrected chi connectivity index (χ3v) is 9.34. The number of aliphatic hydroxyl groups excluding tert-OH is 7. The van der Waals surface area contributed by atoms with Crippen LogP contribution in [0.3, 0.4) is 0 Å². The number of esters is 1. The first-order chi connectivity index (χ1) is 21.5. The number of cyclic esters (lactones) is 1. The monoisotopic (exact) mass is 644 g/mol. The van der Waals surface area contributed by atoms with E-state index in [1.54, 1.807) is 13.0 Å². The summed E-state index contributed by atoms with van der Waals surface area (Å²) in [5, 5.41) is 72.9. The van der Waals surface area contributed by atoms with Gasteiger partial charge in [-0.3, -0.25) is 0 Å². The average molecular weight is 645 g/mol. The lowest BCUT2D eigenvalue weighted by molar-refractivity contribution is -0.139. The van der Waals surface area contributed by atoms with E-state index in [-0.39, 0.29) is 51.0 Å². The van der Waals surface area contributed by atoms with Crippen molar-refractivity contribution < 1.29 is 50.0 Å². The van der Waals surface area contributed by atoms with Crippen molar-refractivity contribution >= 4 is 5.97 Å². The molecule has 0 unspecified atom stereocenters. The van der Waals surface area contributed by atoms with Crippen molar-refractivity contribution in [1.82, 2.24) is 0 Å². The van der Waals surface area contributed by atoms with Gasteiger partial charge >= 0.3 is 5.97 Å². The lowest BCUT2D eigenvalue weighted by Gasteiger charge is -2.25. The summed E-state index contributed by atoms with van der Waals surface area (Å²) in [5.41, 5.74) is 0.446. The molecule has 2 aliphatic rings. The van der Waals surface area contributed by atoms with E-state index in [4.69, 9.17) is 9.47 Å². The van der Waals surface area contributed by atoms with Crippen molar-refractivity contribution in [3.63, 3.8) is 0 Å². The van der Waals surface area contributed by atoms with Crippen LogP contribution in [0.15, 0.2) is 11.6 Å². The molecule has 10 nitrogen and oxygen atoms in total. The summed E-state index contributed by atoms with van der Waals surface area (Å²) < 4.78 is 10.9. The highest BCUT2D eigenvalue weighted by Crippen LogP contribution is 2.29. The van der Waals surface area contributed by atoms with Crippen LogP contribution >= 0.6 is 0 Å². The van der Waals surface area contributed by atoms with E-state index in [0.29, 0.717) is 24.8 Å². The largest absolute Gasteiger partial charge is 0.455 e. The predicted octanol–water partition coefficient (Wildman–Crippen LogP) is 3.97. The van der Waals surface area contributed by atoms with Crippen molar-refractivity contribution in [2.24, 2.45) is 0 Å². The second kappa shape index (κ2) is 22.5. The summed E-state index contributed by atoms with van der Waals surface area (Å²) in [6, 6.07) is 0. The summed E-state index contributed by atoms with van der Waals surface area (Å²) >= 11 is 0. The van der Waals surface area contributed by atoms with Crippen LogP contribution in [0.1, 0.15) is 142 Å². The van der Waals surface area contributed by atoms with E-state index in [1.165, 1.54) is 44.9 Å². The molecule has 0 bridgehead atoms. The Morgan fingerprint density at radius 3 is 1.82 bits per heavy atom. The van der Waals surface area contributed by atoms with Crippen LogP contribution in [-0.2, 0) is 14.3 Å². The zero-order valence-corrected chi connectivity index (χ0v) is 27.8. The number of hydrogen-bond acceptors (Lipinski definition) is 10. The summed E-state index contributed by atoms with van der Waals surface area (Å²) in [4.78, 5) is 11.7. The Kier molecular flexibility index (Phi) is 20.0. The third-order valence-electron chi connectivity index (χ3n) is 9.34. The van der Waals surface area contributed by atoms with E-state index >= 15 is 0 Å². The molecule has 0 aliphatic carbocycles. The maximum absolute atomic E-state index is 11.7. The van der Waals surface area contributed by atoms with Gasteiger partial charge in [0.15, 0.2) is 0 Å². The molecular formula is C35H64O10. The van der Waals surface area contributed by atoms with E-state index in [2.05, 4.69) is 6.92 Å². The maximum atomic E-state index is 11.7. The molecule has 45 heavy (non-hydrogen) atoms. The SMILES string of the molecule is CCCCCCCCCCCC[C@@H](O)[C@@H](O)CC[C@@H](O)C[C@@H](O)C[C@@H](O)[C@H]1CC[C@H]([C@@H](O)CC[C@@H](O)CC2=C[C@H](C)OC2=O)O1. The lowest BCUT2D eigenvalue weighted by atomic mass is 9.96. The number of hydrogen-bond donors (Lipinski definition) is 7. The number of carbonyl (C=O) groups excluding carboxylic acids is 1. The van der Waals surface area contributed by atoms with Crippen molar-refractivity contribution in [3.8, 4) is 0 Å². The van der Waals surface area contributed by atoms with Gasteiger partial charge in [0.25, 0.3) is 0 Å². The molecule has 0 amide bonds. The molecule has 7 N–H and O–H groups in total. The molecule has 0 radical (unpaired) electrons. The zero-order valence-electron chi connectivity index (χ0n) is 27.8. The van der Waals surface area contributed by atoms with Crippen LogP contribution in [0.4, 0.5) is 0 Å². The van der Waals surface area contributed by atoms with E-state index < -0.39 is 60.9 Å². The fourth-order valence-corrected chi connectivity index (χ4v) is 6.49. The van der Waals surface area contributed by atoms with Gasteiger partial charge in [-0.2, -0.15) is 0 Å². The van der Waals surface area contributed by atoms with Crippen LogP contribution in [-0.4, -0.2) is 103 Å². The molecule has 0 spiro atoms. The fourth-order valence-electron chi connectivity index (χ4n) is 6.49. The Morgan fingerprint density at radius 2 is 1.22 bits per heavy atom. The maximum Gasteiger partial charge on any atom is 0.334 e. The van der Waals surface area contributed by atoms with Gasteiger partial charge < -0.3 is 45.2 Å². The molecule has 10 heteroatoms. The molecule has 10 atom stereocenters. The smallest absolute Gasteiger partial charge is 0.334 e. The summed E-state index contributed by atoms with van der Waals surface area (Å²) in [7, 11) is 0. The van der Waals surface area contributed by atoms with Crippen LogP contribution < -0.4 is 0 Å². The number of aliphatic hydroxyl groups is 7. The van der Waals surface area contributed by atoms with Gasteiger partial charge in [-0.25, -0.2) is 4.79 Å². The number of ether oxygens (including phenoxy) is 2. The van der Waals surface area contributed by atoms with Crippen molar-refractivity contribution in [1.29, 1.82) is 0 Å². The fraction of sp³-hybridized carbons (Fsp3) is 0.914. The highest BCUT2D eigenvalue weighted by molar-refractivity contribution is 5.90. The van der Waals surface area contributed by atoms with Crippen molar-refractivity contribution in [3.05, 3.63) is 11.6 Å². The predicted molar refractivity (Wildman–Crippen MR) is 172 cm³/mol.